The molecule has 1 aliphatic rings. The number of aliphatic carboxylic acids is 1. The zero-order chi connectivity index (χ0) is 20.1. The lowest BCUT2D eigenvalue weighted by molar-refractivity contribution is -0.158. The topological polar surface area (TPSA) is 74.6 Å². The highest BCUT2D eigenvalue weighted by atomic mass is 16.4. The van der Waals surface area contributed by atoms with Gasteiger partial charge in [-0.05, 0) is 43.9 Å². The van der Waals surface area contributed by atoms with Gasteiger partial charge in [0.05, 0.1) is 0 Å². The third kappa shape index (κ3) is 8.11. The molecule has 1 aliphatic carbocycles. The molecule has 2 N–H and O–H groups in total. The van der Waals surface area contributed by atoms with Gasteiger partial charge in [0, 0.05) is 18.3 Å². The summed E-state index contributed by atoms with van der Waals surface area (Å²) in [6.07, 6.45) is 18.6. The van der Waals surface area contributed by atoms with Crippen LogP contribution >= 0.6 is 0 Å². The summed E-state index contributed by atoms with van der Waals surface area (Å²) >= 11 is 0. The lowest BCUT2D eigenvalue weighted by Crippen LogP contribution is -2.37. The van der Waals surface area contributed by atoms with Crippen LogP contribution in [0.3, 0.4) is 0 Å². The number of allylic oxidation sites excluding steroid dienone is 4. The average Bonchev–Trinajstić information content (AvgIpc) is 2.98. The zero-order valence-corrected chi connectivity index (χ0v) is 16.7. The molecule has 0 amide bonds. The maximum Gasteiger partial charge on any atom is 0.336 e. The van der Waals surface area contributed by atoms with E-state index in [0.29, 0.717) is 12.8 Å². The average molecular weight is 375 g/mol. The summed E-state index contributed by atoms with van der Waals surface area (Å²) in [7, 11) is 0. The number of hydrogen-bond acceptors (Lipinski definition) is 3. The highest BCUT2D eigenvalue weighted by molar-refractivity contribution is 5.95. The molecule has 0 spiro atoms. The molecule has 0 radical (unpaired) electrons. The Morgan fingerprint density at radius 3 is 2.67 bits per heavy atom. The molecule has 1 rings (SSSR count). The molecule has 0 heterocycles. The molecule has 0 bridgehead atoms. The molecule has 4 heteroatoms. The van der Waals surface area contributed by atoms with Crippen molar-refractivity contribution in [2.45, 2.75) is 77.2 Å². The normalized spacial score (nSPS) is 21.2. The first kappa shape index (κ1) is 23.1. The minimum Gasteiger partial charge on any atom is -0.479 e. The summed E-state index contributed by atoms with van der Waals surface area (Å²) in [4.78, 5) is 23.2. The molecule has 0 aromatic carbocycles. The van der Waals surface area contributed by atoms with E-state index in [2.05, 4.69) is 24.8 Å². The van der Waals surface area contributed by atoms with Crippen LogP contribution in [-0.2, 0) is 9.59 Å². The van der Waals surface area contributed by atoms with Gasteiger partial charge in [-0.15, -0.1) is 5.73 Å². The highest BCUT2D eigenvalue weighted by Crippen LogP contribution is 2.27. The summed E-state index contributed by atoms with van der Waals surface area (Å²) in [5.41, 5.74) is 1.20. The maximum absolute atomic E-state index is 12.1. The van der Waals surface area contributed by atoms with Crippen LogP contribution < -0.4 is 0 Å². The Morgan fingerprint density at radius 1 is 1.22 bits per heavy atom. The van der Waals surface area contributed by atoms with Gasteiger partial charge >= 0.3 is 5.97 Å². The predicted octanol–water partition coefficient (Wildman–Crippen LogP) is 4.99. The van der Waals surface area contributed by atoms with Crippen molar-refractivity contribution in [3.63, 3.8) is 0 Å². The highest BCUT2D eigenvalue weighted by Gasteiger charge is 2.33. The van der Waals surface area contributed by atoms with E-state index in [0.717, 1.165) is 6.42 Å². The van der Waals surface area contributed by atoms with Crippen LogP contribution in [0.15, 0.2) is 42.2 Å². The Kier molecular flexibility index (Phi) is 10.7. The summed E-state index contributed by atoms with van der Waals surface area (Å²) < 4.78 is 0. The van der Waals surface area contributed by atoms with Crippen molar-refractivity contribution < 1.29 is 19.8 Å². The molecule has 1 unspecified atom stereocenters. The second kappa shape index (κ2) is 12.5. The Balaban J connectivity index is 2.52. The number of carbonyl (C=O) groups is 2. The van der Waals surface area contributed by atoms with Crippen LogP contribution in [0.25, 0.3) is 0 Å². The number of rotatable bonds is 13. The first-order valence-electron chi connectivity index (χ1n) is 10.2. The third-order valence-electron chi connectivity index (χ3n) is 5.00. The number of carbonyl (C=O) groups excluding carboxylic acids is 1. The molecule has 0 aliphatic heterocycles. The molecule has 0 saturated heterocycles. The van der Waals surface area contributed by atoms with Crippen molar-refractivity contribution in [1.29, 1.82) is 0 Å². The van der Waals surface area contributed by atoms with Crippen LogP contribution in [-0.4, -0.2) is 27.6 Å². The van der Waals surface area contributed by atoms with Crippen LogP contribution in [0.4, 0.5) is 0 Å². The largest absolute Gasteiger partial charge is 0.479 e. The fourth-order valence-electron chi connectivity index (χ4n) is 3.28. The zero-order valence-electron chi connectivity index (χ0n) is 16.7. The molecule has 27 heavy (non-hydrogen) atoms. The molecule has 0 fully saturated rings. The predicted molar refractivity (Wildman–Crippen MR) is 108 cm³/mol. The van der Waals surface area contributed by atoms with Gasteiger partial charge < -0.3 is 10.2 Å². The molecule has 3 atom stereocenters. The van der Waals surface area contributed by atoms with E-state index in [1.165, 1.54) is 25.7 Å². The van der Waals surface area contributed by atoms with Crippen molar-refractivity contribution >= 4 is 11.8 Å². The van der Waals surface area contributed by atoms with Gasteiger partial charge in [0.2, 0.25) is 0 Å². The van der Waals surface area contributed by atoms with E-state index in [4.69, 9.17) is 5.11 Å². The summed E-state index contributed by atoms with van der Waals surface area (Å²) in [6, 6.07) is 0. The van der Waals surface area contributed by atoms with Gasteiger partial charge in [-0.25, -0.2) is 4.79 Å². The second-order valence-electron chi connectivity index (χ2n) is 7.32. The van der Waals surface area contributed by atoms with E-state index in [-0.39, 0.29) is 30.5 Å². The van der Waals surface area contributed by atoms with E-state index in [9.17, 15) is 14.7 Å². The summed E-state index contributed by atoms with van der Waals surface area (Å²) in [5.74, 6) is -1.06. The number of unbranched alkanes of at least 4 members (excludes halogenated alkanes) is 4. The number of ketones is 1. The van der Waals surface area contributed by atoms with Crippen molar-refractivity contribution in [3.05, 3.63) is 42.2 Å². The molecule has 150 valence electrons. The standard InChI is InChI=1S/C23H34O4/c1-3-5-6-7-8-10-13-19-15-16-21(24)20(19)14-11-9-12-18-23(27,17-4-2)22(25)26/h10-13,15-16,19-20,27H,3-8,14,17-18H2,1-2H3,(H,25,26)/t9?,19-,20+,23?/m0/s1. The molecule has 0 aromatic rings. The van der Waals surface area contributed by atoms with E-state index < -0.39 is 11.6 Å². The number of hydrogen-bond donors (Lipinski definition) is 2. The lowest BCUT2D eigenvalue weighted by Gasteiger charge is -2.20. The Morgan fingerprint density at radius 2 is 2.00 bits per heavy atom. The van der Waals surface area contributed by atoms with Crippen molar-refractivity contribution in [2.24, 2.45) is 11.8 Å². The second-order valence-corrected chi connectivity index (χ2v) is 7.32. The molecule has 0 saturated carbocycles. The minimum absolute atomic E-state index is 0.0185. The van der Waals surface area contributed by atoms with Gasteiger partial charge in [0.25, 0.3) is 0 Å². The Labute approximate surface area is 163 Å². The first-order chi connectivity index (χ1) is 12.9. The Bertz CT molecular complexity index is 595. The van der Waals surface area contributed by atoms with Gasteiger partial charge in [-0.3, -0.25) is 4.79 Å². The van der Waals surface area contributed by atoms with Crippen molar-refractivity contribution in [1.82, 2.24) is 0 Å². The van der Waals surface area contributed by atoms with Gasteiger partial charge in [-0.2, -0.15) is 0 Å². The van der Waals surface area contributed by atoms with E-state index >= 15 is 0 Å². The van der Waals surface area contributed by atoms with Gasteiger partial charge in [-0.1, -0.05) is 57.8 Å². The quantitative estimate of drug-likeness (QED) is 0.270. The van der Waals surface area contributed by atoms with Crippen LogP contribution in [0, 0.1) is 11.8 Å². The van der Waals surface area contributed by atoms with Crippen molar-refractivity contribution in [2.75, 3.05) is 0 Å². The minimum atomic E-state index is -1.73. The number of carboxylic acids is 1. The lowest BCUT2D eigenvalue weighted by atomic mass is 9.90. The summed E-state index contributed by atoms with van der Waals surface area (Å²) in [5, 5.41) is 19.2. The molecule has 0 aromatic heterocycles. The van der Waals surface area contributed by atoms with E-state index in [1.807, 2.05) is 13.0 Å². The SMILES string of the molecule is CCCCCCC=C[C@H]1C=CC(=O)[C@@H]1CC=C=CCC(O)(CCC)C(=O)O. The van der Waals surface area contributed by atoms with Gasteiger partial charge in [0.15, 0.2) is 11.4 Å². The number of aliphatic hydroxyl groups is 1. The van der Waals surface area contributed by atoms with Crippen LogP contribution in [0.1, 0.15) is 71.6 Å². The van der Waals surface area contributed by atoms with Crippen LogP contribution in [0.5, 0.6) is 0 Å². The maximum atomic E-state index is 12.1. The van der Waals surface area contributed by atoms with Crippen LogP contribution in [0.2, 0.25) is 0 Å². The monoisotopic (exact) mass is 374 g/mol. The van der Waals surface area contributed by atoms with E-state index in [1.54, 1.807) is 18.2 Å². The molecular formula is C23H34O4. The molecule has 4 nitrogen and oxygen atoms in total. The summed E-state index contributed by atoms with van der Waals surface area (Å²) in [6.45, 7) is 4.03. The Hall–Kier alpha value is -1.90. The third-order valence-corrected chi connectivity index (χ3v) is 5.00. The van der Waals surface area contributed by atoms with Gasteiger partial charge in [0.1, 0.15) is 0 Å². The fourth-order valence-corrected chi connectivity index (χ4v) is 3.28. The first-order valence-corrected chi connectivity index (χ1v) is 10.2. The fraction of sp³-hybridized carbons (Fsp3) is 0.609. The molecular weight excluding hydrogens is 340 g/mol. The number of carboxylic acid groups (broad SMARTS) is 1. The smallest absolute Gasteiger partial charge is 0.336 e. The van der Waals surface area contributed by atoms with Crippen molar-refractivity contribution in [3.8, 4) is 0 Å².